The zero-order valence-electron chi connectivity index (χ0n) is 6.84. The van der Waals surface area contributed by atoms with Crippen LogP contribution >= 0.6 is 0 Å². The zero-order chi connectivity index (χ0) is 10.7. The minimum absolute atomic E-state index is 0.0710. The second kappa shape index (κ2) is 3.65. The summed E-state index contributed by atoms with van der Waals surface area (Å²) in [6.07, 6.45) is 0.415. The summed E-state index contributed by atoms with van der Waals surface area (Å²) in [5, 5.41) is 19.0. The van der Waals surface area contributed by atoms with E-state index >= 15 is 0 Å². The van der Waals surface area contributed by atoms with Crippen molar-refractivity contribution in [3.8, 4) is 0 Å². The molecule has 0 fully saturated rings. The third-order valence-corrected chi connectivity index (χ3v) is 1.58. The van der Waals surface area contributed by atoms with E-state index in [1.54, 1.807) is 0 Å². The average molecular weight is 195 g/mol. The average Bonchev–Trinajstić information content (AvgIpc) is 2.16. The van der Waals surface area contributed by atoms with Crippen LogP contribution in [0.3, 0.4) is 0 Å². The molecule has 0 radical (unpaired) electrons. The van der Waals surface area contributed by atoms with E-state index in [4.69, 9.17) is 5.11 Å². The van der Waals surface area contributed by atoms with Crippen molar-refractivity contribution in [3.05, 3.63) is 39.4 Å². The lowest BCUT2D eigenvalue weighted by molar-refractivity contribution is -0.385. The molecule has 0 amide bonds. The number of carbonyl (C=O) groups is 2. The maximum Gasteiger partial charge on any atom is 0.342 e. The Kier molecular flexibility index (Phi) is 2.57. The van der Waals surface area contributed by atoms with Crippen molar-refractivity contribution in [2.75, 3.05) is 0 Å². The van der Waals surface area contributed by atoms with Crippen molar-refractivity contribution in [3.63, 3.8) is 0 Å². The summed E-state index contributed by atoms with van der Waals surface area (Å²) in [5.41, 5.74) is -0.940. The molecule has 0 unspecified atom stereocenters. The highest BCUT2D eigenvalue weighted by atomic mass is 16.6. The first kappa shape index (κ1) is 9.85. The molecule has 1 N–H and O–H groups in total. The van der Waals surface area contributed by atoms with E-state index in [9.17, 15) is 19.7 Å². The Hall–Kier alpha value is -2.24. The summed E-state index contributed by atoms with van der Waals surface area (Å²) in [5.74, 6) is -1.39. The Morgan fingerprint density at radius 2 is 2.14 bits per heavy atom. The van der Waals surface area contributed by atoms with E-state index < -0.39 is 22.1 Å². The Bertz CT molecular complexity index is 412. The predicted molar refractivity (Wildman–Crippen MR) is 45.4 cm³/mol. The van der Waals surface area contributed by atoms with Gasteiger partial charge in [0.15, 0.2) is 0 Å². The van der Waals surface area contributed by atoms with Gasteiger partial charge in [-0.25, -0.2) is 4.79 Å². The summed E-state index contributed by atoms with van der Waals surface area (Å²) in [6.45, 7) is 0. The van der Waals surface area contributed by atoms with Crippen LogP contribution in [0.2, 0.25) is 0 Å². The van der Waals surface area contributed by atoms with Gasteiger partial charge in [-0.1, -0.05) is 6.07 Å². The maximum absolute atomic E-state index is 10.5. The van der Waals surface area contributed by atoms with Gasteiger partial charge in [0.2, 0.25) is 0 Å². The van der Waals surface area contributed by atoms with Crippen LogP contribution in [0.5, 0.6) is 0 Å². The monoisotopic (exact) mass is 195 g/mol. The number of carboxylic acids is 1. The van der Waals surface area contributed by atoms with Crippen LogP contribution in [0.1, 0.15) is 20.7 Å². The minimum Gasteiger partial charge on any atom is -0.477 e. The molecule has 1 aromatic carbocycles. The van der Waals surface area contributed by atoms with E-state index in [1.807, 2.05) is 0 Å². The van der Waals surface area contributed by atoms with E-state index in [1.165, 1.54) is 6.07 Å². The topological polar surface area (TPSA) is 97.5 Å². The second-order valence-corrected chi connectivity index (χ2v) is 2.46. The number of aromatic carboxylic acids is 1. The van der Waals surface area contributed by atoms with Gasteiger partial charge >= 0.3 is 5.97 Å². The Balaban J connectivity index is 3.38. The molecule has 0 saturated heterocycles. The van der Waals surface area contributed by atoms with Crippen LogP contribution < -0.4 is 0 Å². The quantitative estimate of drug-likeness (QED) is 0.442. The largest absolute Gasteiger partial charge is 0.477 e. The van der Waals surface area contributed by atoms with E-state index in [-0.39, 0.29) is 5.56 Å². The molecular weight excluding hydrogens is 190 g/mol. The molecule has 6 heteroatoms. The second-order valence-electron chi connectivity index (χ2n) is 2.46. The number of hydrogen-bond donors (Lipinski definition) is 1. The van der Waals surface area contributed by atoms with E-state index in [0.717, 1.165) is 12.1 Å². The molecule has 72 valence electrons. The highest BCUT2D eigenvalue weighted by Crippen LogP contribution is 2.19. The molecule has 0 aliphatic carbocycles. The van der Waals surface area contributed by atoms with Crippen LogP contribution in [0, 0.1) is 10.1 Å². The van der Waals surface area contributed by atoms with Gasteiger partial charge < -0.3 is 5.11 Å². The summed E-state index contributed by atoms with van der Waals surface area (Å²) < 4.78 is 0. The van der Waals surface area contributed by atoms with Gasteiger partial charge in [0.1, 0.15) is 11.8 Å². The number of nitro benzene ring substituents is 1. The number of carbonyl (C=O) groups excluding carboxylic acids is 1. The highest BCUT2D eigenvalue weighted by Gasteiger charge is 2.19. The molecule has 14 heavy (non-hydrogen) atoms. The standard InChI is InChI=1S/C8H5NO5/c10-4-5-1-2-6(8(11)12)7(3-5)9(13)14/h1-4H,(H,11,12). The van der Waals surface area contributed by atoms with Crippen LogP contribution in [-0.4, -0.2) is 22.3 Å². The molecule has 0 saturated carbocycles. The number of benzene rings is 1. The van der Waals surface area contributed by atoms with Gasteiger partial charge in [-0.05, 0) is 6.07 Å². The van der Waals surface area contributed by atoms with Crippen molar-refractivity contribution >= 4 is 17.9 Å². The molecule has 1 rings (SSSR count). The van der Waals surface area contributed by atoms with Gasteiger partial charge in [-0.3, -0.25) is 14.9 Å². The normalized spacial score (nSPS) is 9.43. The van der Waals surface area contributed by atoms with Crippen LogP contribution in [0.15, 0.2) is 18.2 Å². The summed E-state index contributed by atoms with van der Waals surface area (Å²) >= 11 is 0. The molecule has 0 atom stereocenters. The Morgan fingerprint density at radius 1 is 1.50 bits per heavy atom. The van der Waals surface area contributed by atoms with Crippen LogP contribution in [0.25, 0.3) is 0 Å². The Morgan fingerprint density at radius 3 is 2.57 bits per heavy atom. The van der Waals surface area contributed by atoms with Crippen LogP contribution in [0.4, 0.5) is 5.69 Å². The highest BCUT2D eigenvalue weighted by molar-refractivity contribution is 5.93. The van der Waals surface area contributed by atoms with Gasteiger partial charge in [-0.15, -0.1) is 0 Å². The fraction of sp³-hybridized carbons (Fsp3) is 0. The lowest BCUT2D eigenvalue weighted by Crippen LogP contribution is -2.03. The predicted octanol–water partition coefficient (Wildman–Crippen LogP) is 1.11. The van der Waals surface area contributed by atoms with Gasteiger partial charge in [0, 0.05) is 11.6 Å². The maximum atomic E-state index is 10.5. The molecule has 0 bridgehead atoms. The number of aldehydes is 1. The summed E-state index contributed by atoms with van der Waals surface area (Å²) in [7, 11) is 0. The fourth-order valence-corrected chi connectivity index (χ4v) is 0.954. The third-order valence-electron chi connectivity index (χ3n) is 1.58. The first-order chi connectivity index (χ1) is 6.56. The zero-order valence-corrected chi connectivity index (χ0v) is 6.84. The first-order valence-corrected chi connectivity index (χ1v) is 3.53. The van der Waals surface area contributed by atoms with Crippen molar-refractivity contribution in [1.82, 2.24) is 0 Å². The van der Waals surface area contributed by atoms with Crippen molar-refractivity contribution < 1.29 is 19.6 Å². The van der Waals surface area contributed by atoms with Gasteiger partial charge in [-0.2, -0.15) is 0 Å². The minimum atomic E-state index is -1.39. The SMILES string of the molecule is O=Cc1ccc(C(=O)O)c([N+](=O)[O-])c1. The van der Waals surface area contributed by atoms with Gasteiger partial charge in [0.05, 0.1) is 4.92 Å². The number of rotatable bonds is 3. The molecule has 0 spiro atoms. The first-order valence-electron chi connectivity index (χ1n) is 3.53. The molecule has 0 aliphatic heterocycles. The smallest absolute Gasteiger partial charge is 0.342 e. The third kappa shape index (κ3) is 1.74. The summed E-state index contributed by atoms with van der Waals surface area (Å²) in [6, 6.07) is 3.17. The molecule has 0 aromatic heterocycles. The molecule has 0 aliphatic rings. The molecule has 0 heterocycles. The summed E-state index contributed by atoms with van der Waals surface area (Å²) in [4.78, 5) is 30.4. The molecule has 6 nitrogen and oxygen atoms in total. The Labute approximate surface area is 77.9 Å². The number of nitrogens with zero attached hydrogens (tertiary/aromatic N) is 1. The lowest BCUT2D eigenvalue weighted by Gasteiger charge is -1.97. The van der Waals surface area contributed by atoms with E-state index in [0.29, 0.717) is 6.29 Å². The van der Waals surface area contributed by atoms with E-state index in [2.05, 4.69) is 0 Å². The number of hydrogen-bond acceptors (Lipinski definition) is 4. The number of nitro groups is 1. The molecular formula is C8H5NO5. The van der Waals surface area contributed by atoms with Gasteiger partial charge in [0.25, 0.3) is 5.69 Å². The van der Waals surface area contributed by atoms with Crippen molar-refractivity contribution in [2.45, 2.75) is 0 Å². The number of carboxylic acid groups (broad SMARTS) is 1. The van der Waals surface area contributed by atoms with Crippen LogP contribution in [-0.2, 0) is 0 Å². The molecule has 1 aromatic rings. The van der Waals surface area contributed by atoms with Crippen molar-refractivity contribution in [1.29, 1.82) is 0 Å². The van der Waals surface area contributed by atoms with Crippen molar-refractivity contribution in [2.24, 2.45) is 0 Å². The fourth-order valence-electron chi connectivity index (χ4n) is 0.954. The lowest BCUT2D eigenvalue weighted by atomic mass is 10.1.